The first kappa shape index (κ1) is 12.4. The largest absolute Gasteiger partial charge is 0.342 e. The van der Waals surface area contributed by atoms with E-state index in [4.69, 9.17) is 16.1 Å². The molecule has 1 aromatic rings. The minimum Gasteiger partial charge on any atom is -0.342 e. The van der Waals surface area contributed by atoms with Crippen LogP contribution in [0.2, 0.25) is 0 Å². The van der Waals surface area contributed by atoms with E-state index in [1.807, 2.05) is 0 Å². The van der Waals surface area contributed by atoms with Gasteiger partial charge in [0.15, 0.2) is 5.82 Å². The molecule has 6 heteroatoms. The molecule has 0 aliphatic heterocycles. The van der Waals surface area contributed by atoms with Gasteiger partial charge in [0.05, 0.1) is 0 Å². The Hall–Kier alpha value is -1.10. The molecule has 5 nitrogen and oxygen atoms in total. The van der Waals surface area contributed by atoms with Crippen molar-refractivity contribution in [1.29, 1.82) is 0 Å². The normalized spacial score (nSPS) is 18.9. The van der Waals surface area contributed by atoms with E-state index in [2.05, 4.69) is 15.5 Å². The molecule has 17 heavy (non-hydrogen) atoms. The van der Waals surface area contributed by atoms with Gasteiger partial charge >= 0.3 is 0 Å². The zero-order valence-corrected chi connectivity index (χ0v) is 10.6. The van der Waals surface area contributed by atoms with Gasteiger partial charge in [-0.3, -0.25) is 4.79 Å². The van der Waals surface area contributed by atoms with Crippen molar-refractivity contribution in [3.05, 3.63) is 11.7 Å². The quantitative estimate of drug-likeness (QED) is 0.840. The number of aryl methyl sites for hydroxylation is 1. The SMILES string of the molecule is Cc1nc(C2(NC(=O)CCl)CCCCC2)no1. The van der Waals surface area contributed by atoms with Crippen LogP contribution in [-0.4, -0.2) is 21.9 Å². The van der Waals surface area contributed by atoms with Crippen molar-refractivity contribution in [2.75, 3.05) is 5.88 Å². The molecular formula is C11H16ClN3O2. The Bertz CT molecular complexity index is 399. The Morgan fingerprint density at radius 1 is 1.47 bits per heavy atom. The van der Waals surface area contributed by atoms with Gasteiger partial charge in [0.1, 0.15) is 11.4 Å². The molecule has 1 heterocycles. The molecule has 0 aromatic carbocycles. The molecule has 2 rings (SSSR count). The highest BCUT2D eigenvalue weighted by molar-refractivity contribution is 6.27. The summed E-state index contributed by atoms with van der Waals surface area (Å²) in [5, 5.41) is 6.91. The van der Waals surface area contributed by atoms with Crippen LogP contribution in [0.3, 0.4) is 0 Å². The van der Waals surface area contributed by atoms with E-state index in [-0.39, 0.29) is 11.8 Å². The van der Waals surface area contributed by atoms with E-state index in [1.165, 1.54) is 6.42 Å². The number of hydrogen-bond acceptors (Lipinski definition) is 4. The molecule has 0 radical (unpaired) electrons. The molecule has 0 saturated heterocycles. The molecule has 94 valence electrons. The third-order valence-corrected chi connectivity index (χ3v) is 3.41. The number of rotatable bonds is 3. The maximum atomic E-state index is 11.5. The molecule has 0 bridgehead atoms. The molecule has 1 aliphatic carbocycles. The van der Waals surface area contributed by atoms with Gasteiger partial charge in [-0.2, -0.15) is 4.98 Å². The van der Waals surface area contributed by atoms with E-state index in [1.54, 1.807) is 6.92 Å². The van der Waals surface area contributed by atoms with Crippen molar-refractivity contribution in [3.63, 3.8) is 0 Å². The summed E-state index contributed by atoms with van der Waals surface area (Å²) >= 11 is 5.55. The minimum atomic E-state index is -0.484. The number of aromatic nitrogens is 2. The number of nitrogens with one attached hydrogen (secondary N) is 1. The summed E-state index contributed by atoms with van der Waals surface area (Å²) < 4.78 is 5.01. The van der Waals surface area contributed by atoms with Crippen LogP contribution in [0.15, 0.2) is 4.52 Å². The molecule has 0 unspecified atom stereocenters. The Kier molecular flexibility index (Phi) is 3.66. The topological polar surface area (TPSA) is 68.0 Å². The minimum absolute atomic E-state index is 0.0431. The molecule has 1 amide bonds. The van der Waals surface area contributed by atoms with Crippen molar-refractivity contribution in [1.82, 2.24) is 15.5 Å². The molecule has 0 spiro atoms. The molecule has 1 aliphatic rings. The maximum Gasteiger partial charge on any atom is 0.235 e. The maximum absolute atomic E-state index is 11.5. The van der Waals surface area contributed by atoms with Crippen molar-refractivity contribution >= 4 is 17.5 Å². The van der Waals surface area contributed by atoms with Crippen LogP contribution in [0.5, 0.6) is 0 Å². The smallest absolute Gasteiger partial charge is 0.235 e. The molecule has 1 saturated carbocycles. The predicted molar refractivity (Wildman–Crippen MR) is 62.7 cm³/mol. The lowest BCUT2D eigenvalue weighted by atomic mass is 9.81. The predicted octanol–water partition coefficient (Wildman–Crippen LogP) is 1.89. The van der Waals surface area contributed by atoms with E-state index in [0.717, 1.165) is 25.7 Å². The molecule has 1 N–H and O–H groups in total. The van der Waals surface area contributed by atoms with Gasteiger partial charge in [0.2, 0.25) is 11.8 Å². The van der Waals surface area contributed by atoms with Crippen LogP contribution in [0.25, 0.3) is 0 Å². The summed E-state index contributed by atoms with van der Waals surface area (Å²) in [6.45, 7) is 1.75. The second-order valence-corrected chi connectivity index (χ2v) is 4.73. The summed E-state index contributed by atoms with van der Waals surface area (Å²) in [6, 6.07) is 0. The average Bonchev–Trinajstić information content (AvgIpc) is 2.77. The fourth-order valence-electron chi connectivity index (χ4n) is 2.35. The molecule has 1 fully saturated rings. The summed E-state index contributed by atoms with van der Waals surface area (Å²) in [5.41, 5.74) is -0.484. The second-order valence-electron chi connectivity index (χ2n) is 4.46. The van der Waals surface area contributed by atoms with E-state index < -0.39 is 5.54 Å². The number of amides is 1. The van der Waals surface area contributed by atoms with E-state index >= 15 is 0 Å². The first-order chi connectivity index (χ1) is 8.16. The Morgan fingerprint density at radius 2 is 2.18 bits per heavy atom. The summed E-state index contributed by atoms with van der Waals surface area (Å²) in [5.74, 6) is 0.868. The third kappa shape index (κ3) is 2.60. The highest BCUT2D eigenvalue weighted by atomic mass is 35.5. The second kappa shape index (κ2) is 5.04. The van der Waals surface area contributed by atoms with Crippen LogP contribution in [-0.2, 0) is 10.3 Å². The molecule has 1 aromatic heterocycles. The van der Waals surface area contributed by atoms with Crippen molar-refractivity contribution in [2.24, 2.45) is 0 Å². The monoisotopic (exact) mass is 257 g/mol. The zero-order chi connectivity index (χ0) is 12.3. The lowest BCUT2D eigenvalue weighted by Crippen LogP contribution is -2.48. The number of nitrogens with zero attached hydrogens (tertiary/aromatic N) is 2. The first-order valence-electron chi connectivity index (χ1n) is 5.84. The lowest BCUT2D eigenvalue weighted by Gasteiger charge is -2.35. The summed E-state index contributed by atoms with van der Waals surface area (Å²) in [4.78, 5) is 15.8. The van der Waals surface area contributed by atoms with Crippen LogP contribution >= 0.6 is 11.6 Å². The van der Waals surface area contributed by atoms with E-state index in [9.17, 15) is 4.79 Å². The fourth-order valence-corrected chi connectivity index (χ4v) is 2.42. The number of hydrogen-bond donors (Lipinski definition) is 1. The van der Waals surface area contributed by atoms with Gasteiger partial charge in [-0.15, -0.1) is 11.6 Å². The molecule has 0 atom stereocenters. The van der Waals surface area contributed by atoms with Crippen LogP contribution in [0.4, 0.5) is 0 Å². The number of alkyl halides is 1. The standard InChI is InChI=1S/C11H16ClN3O2/c1-8-13-10(15-17-8)11(14-9(16)7-12)5-3-2-4-6-11/h2-7H2,1H3,(H,14,16). The Morgan fingerprint density at radius 3 is 2.71 bits per heavy atom. The van der Waals surface area contributed by atoms with Crippen molar-refractivity contribution in [3.8, 4) is 0 Å². The zero-order valence-electron chi connectivity index (χ0n) is 9.83. The highest BCUT2D eigenvalue weighted by Crippen LogP contribution is 2.35. The lowest BCUT2D eigenvalue weighted by molar-refractivity contribution is -0.121. The number of carbonyl (C=O) groups is 1. The molecular weight excluding hydrogens is 242 g/mol. The van der Waals surface area contributed by atoms with Crippen LogP contribution < -0.4 is 5.32 Å². The number of carbonyl (C=O) groups excluding carboxylic acids is 1. The fraction of sp³-hybridized carbons (Fsp3) is 0.727. The summed E-state index contributed by atoms with van der Waals surface area (Å²) in [7, 11) is 0. The van der Waals surface area contributed by atoms with E-state index in [0.29, 0.717) is 11.7 Å². The van der Waals surface area contributed by atoms with Gasteiger partial charge in [-0.25, -0.2) is 0 Å². The van der Waals surface area contributed by atoms with Crippen LogP contribution in [0, 0.1) is 6.92 Å². The van der Waals surface area contributed by atoms with Gasteiger partial charge < -0.3 is 9.84 Å². The van der Waals surface area contributed by atoms with Gasteiger partial charge in [-0.05, 0) is 12.8 Å². The first-order valence-corrected chi connectivity index (χ1v) is 6.37. The van der Waals surface area contributed by atoms with Gasteiger partial charge in [0.25, 0.3) is 0 Å². The Balaban J connectivity index is 2.25. The van der Waals surface area contributed by atoms with Gasteiger partial charge in [-0.1, -0.05) is 24.4 Å². The average molecular weight is 258 g/mol. The third-order valence-electron chi connectivity index (χ3n) is 3.16. The highest BCUT2D eigenvalue weighted by Gasteiger charge is 2.39. The number of halogens is 1. The van der Waals surface area contributed by atoms with Gasteiger partial charge in [0, 0.05) is 6.92 Å². The Labute approximate surface area is 105 Å². The van der Waals surface area contributed by atoms with Crippen LogP contribution in [0.1, 0.15) is 43.8 Å². The van der Waals surface area contributed by atoms with Crippen molar-refractivity contribution < 1.29 is 9.32 Å². The summed E-state index contributed by atoms with van der Waals surface area (Å²) in [6.07, 6.45) is 4.96. The van der Waals surface area contributed by atoms with Crippen molar-refractivity contribution in [2.45, 2.75) is 44.6 Å².